The van der Waals surface area contributed by atoms with Crippen molar-refractivity contribution in [3.8, 4) is 0 Å². The van der Waals surface area contributed by atoms with Crippen LogP contribution >= 0.6 is 22.9 Å². The molecule has 1 heterocycles. The number of aryl methyl sites for hydroxylation is 1. The SMILES string of the molecule is O=C(O)c1c(NS(=O)(=O)c2cccc(Cl)c2)sc2c1CCCC2. The van der Waals surface area contributed by atoms with E-state index < -0.39 is 16.0 Å². The van der Waals surface area contributed by atoms with Crippen LogP contribution in [0.1, 0.15) is 33.6 Å². The number of sulfonamides is 1. The monoisotopic (exact) mass is 371 g/mol. The fourth-order valence-electron chi connectivity index (χ4n) is 2.68. The van der Waals surface area contributed by atoms with Crippen molar-refractivity contribution in [1.82, 2.24) is 0 Å². The Balaban J connectivity index is 2.03. The molecular formula is C15H14ClNO4S2. The van der Waals surface area contributed by atoms with Crippen LogP contribution in [0.2, 0.25) is 5.02 Å². The lowest BCUT2D eigenvalue weighted by Crippen LogP contribution is -2.15. The van der Waals surface area contributed by atoms with E-state index in [1.807, 2.05) is 0 Å². The van der Waals surface area contributed by atoms with Crippen LogP contribution < -0.4 is 4.72 Å². The van der Waals surface area contributed by atoms with Gasteiger partial charge in [0.1, 0.15) is 5.00 Å². The Morgan fingerprint density at radius 2 is 2.00 bits per heavy atom. The molecule has 0 fully saturated rings. The number of thiophene rings is 1. The van der Waals surface area contributed by atoms with Gasteiger partial charge in [0.15, 0.2) is 0 Å². The molecule has 23 heavy (non-hydrogen) atoms. The fourth-order valence-corrected chi connectivity index (χ4v) is 5.57. The Kier molecular flexibility index (Phi) is 4.35. The highest BCUT2D eigenvalue weighted by molar-refractivity contribution is 7.93. The second kappa shape index (κ2) is 6.14. The summed E-state index contributed by atoms with van der Waals surface area (Å²) >= 11 is 7.05. The molecule has 1 aromatic carbocycles. The van der Waals surface area contributed by atoms with Gasteiger partial charge in [-0.25, -0.2) is 13.2 Å². The van der Waals surface area contributed by atoms with E-state index >= 15 is 0 Å². The van der Waals surface area contributed by atoms with Gasteiger partial charge in [-0.15, -0.1) is 11.3 Å². The van der Waals surface area contributed by atoms with Gasteiger partial charge in [-0.3, -0.25) is 4.72 Å². The molecule has 0 radical (unpaired) electrons. The number of aromatic carboxylic acids is 1. The first-order valence-corrected chi connectivity index (χ1v) is 9.72. The number of carboxylic acids is 1. The van der Waals surface area contributed by atoms with Gasteiger partial charge in [-0.05, 0) is 49.4 Å². The van der Waals surface area contributed by atoms with E-state index in [2.05, 4.69) is 4.72 Å². The van der Waals surface area contributed by atoms with Gasteiger partial charge in [0, 0.05) is 9.90 Å². The van der Waals surface area contributed by atoms with E-state index in [-0.39, 0.29) is 15.5 Å². The summed E-state index contributed by atoms with van der Waals surface area (Å²) < 4.78 is 27.4. The zero-order valence-corrected chi connectivity index (χ0v) is 14.4. The zero-order valence-electron chi connectivity index (χ0n) is 12.0. The van der Waals surface area contributed by atoms with Crippen LogP contribution in [-0.2, 0) is 22.9 Å². The van der Waals surface area contributed by atoms with Crippen molar-refractivity contribution in [2.45, 2.75) is 30.6 Å². The molecule has 0 saturated carbocycles. The number of benzene rings is 1. The predicted octanol–water partition coefficient (Wildman–Crippen LogP) is 3.78. The molecule has 1 aliphatic rings. The Bertz CT molecular complexity index is 874. The Morgan fingerprint density at radius 3 is 2.70 bits per heavy atom. The number of hydrogen-bond acceptors (Lipinski definition) is 4. The highest BCUT2D eigenvalue weighted by atomic mass is 35.5. The number of anilines is 1. The van der Waals surface area contributed by atoms with Gasteiger partial charge >= 0.3 is 5.97 Å². The molecule has 122 valence electrons. The molecule has 0 saturated heterocycles. The quantitative estimate of drug-likeness (QED) is 0.856. The van der Waals surface area contributed by atoms with E-state index in [1.54, 1.807) is 6.07 Å². The molecule has 0 aliphatic heterocycles. The molecule has 0 unspecified atom stereocenters. The van der Waals surface area contributed by atoms with Crippen molar-refractivity contribution >= 4 is 43.9 Å². The molecule has 0 atom stereocenters. The molecule has 8 heteroatoms. The molecule has 0 spiro atoms. The summed E-state index contributed by atoms with van der Waals surface area (Å²) in [6.07, 6.45) is 3.38. The van der Waals surface area contributed by atoms with Crippen LogP contribution in [0.3, 0.4) is 0 Å². The van der Waals surface area contributed by atoms with Crippen molar-refractivity contribution in [3.05, 3.63) is 45.3 Å². The number of halogens is 1. The maximum absolute atomic E-state index is 12.5. The predicted molar refractivity (Wildman–Crippen MR) is 90.2 cm³/mol. The van der Waals surface area contributed by atoms with Gasteiger partial charge in [-0.2, -0.15) is 0 Å². The molecule has 1 aliphatic carbocycles. The van der Waals surface area contributed by atoms with Crippen molar-refractivity contribution in [2.75, 3.05) is 4.72 Å². The number of nitrogens with one attached hydrogen (secondary N) is 1. The summed E-state index contributed by atoms with van der Waals surface area (Å²) in [6.45, 7) is 0. The number of fused-ring (bicyclic) bond motifs is 1. The van der Waals surface area contributed by atoms with Crippen molar-refractivity contribution < 1.29 is 18.3 Å². The molecular weight excluding hydrogens is 358 g/mol. The highest BCUT2D eigenvalue weighted by Gasteiger charge is 2.27. The van der Waals surface area contributed by atoms with E-state index in [9.17, 15) is 18.3 Å². The largest absolute Gasteiger partial charge is 0.478 e. The van der Waals surface area contributed by atoms with Gasteiger partial charge in [0.25, 0.3) is 10.0 Å². The Labute approximate surface area is 143 Å². The van der Waals surface area contributed by atoms with E-state index in [0.717, 1.165) is 29.7 Å². The molecule has 2 N–H and O–H groups in total. The first-order chi connectivity index (χ1) is 10.9. The lowest BCUT2D eigenvalue weighted by Gasteiger charge is -2.11. The lowest BCUT2D eigenvalue weighted by molar-refractivity contribution is 0.0697. The maximum atomic E-state index is 12.5. The average Bonchev–Trinajstić information content (AvgIpc) is 2.84. The lowest BCUT2D eigenvalue weighted by atomic mass is 9.96. The van der Waals surface area contributed by atoms with E-state index in [1.165, 1.54) is 29.5 Å². The molecule has 3 rings (SSSR count). The molecule has 0 amide bonds. The van der Waals surface area contributed by atoms with Crippen LogP contribution in [0.25, 0.3) is 0 Å². The van der Waals surface area contributed by atoms with Gasteiger partial charge in [0.05, 0.1) is 10.5 Å². The van der Waals surface area contributed by atoms with Gasteiger partial charge in [0.2, 0.25) is 0 Å². The summed E-state index contributed by atoms with van der Waals surface area (Å²) in [4.78, 5) is 12.5. The molecule has 5 nitrogen and oxygen atoms in total. The summed E-state index contributed by atoms with van der Waals surface area (Å²) in [7, 11) is -3.88. The van der Waals surface area contributed by atoms with Gasteiger partial charge < -0.3 is 5.11 Å². The third-order valence-corrected chi connectivity index (χ3v) is 6.64. The molecule has 0 bridgehead atoms. The fraction of sp³-hybridized carbons (Fsp3) is 0.267. The summed E-state index contributed by atoms with van der Waals surface area (Å²) in [5.41, 5.74) is 0.841. The Hall–Kier alpha value is -1.57. The van der Waals surface area contributed by atoms with Crippen LogP contribution in [0.5, 0.6) is 0 Å². The number of rotatable bonds is 4. The first kappa shape index (κ1) is 16.3. The number of carbonyl (C=O) groups is 1. The molecule has 2 aromatic rings. The second-order valence-corrected chi connectivity index (χ2v) is 8.51. The minimum Gasteiger partial charge on any atom is -0.478 e. The van der Waals surface area contributed by atoms with Gasteiger partial charge in [-0.1, -0.05) is 17.7 Å². The smallest absolute Gasteiger partial charge is 0.339 e. The van der Waals surface area contributed by atoms with E-state index in [0.29, 0.717) is 11.4 Å². The first-order valence-electron chi connectivity index (χ1n) is 7.05. The highest BCUT2D eigenvalue weighted by Crippen LogP contribution is 2.39. The number of carboxylic acid groups (broad SMARTS) is 1. The summed E-state index contributed by atoms with van der Waals surface area (Å²) in [6, 6.07) is 5.86. The Morgan fingerprint density at radius 1 is 1.26 bits per heavy atom. The maximum Gasteiger partial charge on any atom is 0.339 e. The van der Waals surface area contributed by atoms with Crippen molar-refractivity contribution in [1.29, 1.82) is 0 Å². The van der Waals surface area contributed by atoms with Crippen LogP contribution in [0.4, 0.5) is 5.00 Å². The third kappa shape index (κ3) is 3.22. The van der Waals surface area contributed by atoms with Crippen LogP contribution in [0.15, 0.2) is 29.2 Å². The topological polar surface area (TPSA) is 83.5 Å². The standard InChI is InChI=1S/C15H14ClNO4S2/c16-9-4-3-5-10(8-9)23(20,21)17-14-13(15(18)19)11-6-1-2-7-12(11)22-14/h3-5,8,17H,1-2,6-7H2,(H,18,19). The third-order valence-electron chi connectivity index (χ3n) is 3.72. The summed E-state index contributed by atoms with van der Waals surface area (Å²) in [5.74, 6) is -1.10. The second-order valence-electron chi connectivity index (χ2n) is 5.28. The van der Waals surface area contributed by atoms with Crippen LogP contribution in [0, 0.1) is 0 Å². The van der Waals surface area contributed by atoms with Crippen molar-refractivity contribution in [3.63, 3.8) is 0 Å². The normalized spacial score (nSPS) is 14.3. The zero-order chi connectivity index (χ0) is 16.6. The molecule has 1 aromatic heterocycles. The number of hydrogen-bond donors (Lipinski definition) is 2. The van der Waals surface area contributed by atoms with E-state index in [4.69, 9.17) is 11.6 Å². The van der Waals surface area contributed by atoms with Crippen molar-refractivity contribution in [2.24, 2.45) is 0 Å². The minimum absolute atomic E-state index is 0.00714. The average molecular weight is 372 g/mol. The summed E-state index contributed by atoms with van der Waals surface area (Å²) in [5, 5.41) is 9.95. The minimum atomic E-state index is -3.88. The van der Waals surface area contributed by atoms with Crippen LogP contribution in [-0.4, -0.2) is 19.5 Å².